The van der Waals surface area contributed by atoms with Gasteiger partial charge in [-0.2, -0.15) is 0 Å². The molecular formula is C19H14O4. The van der Waals surface area contributed by atoms with Gasteiger partial charge in [-0.15, -0.1) is 0 Å². The van der Waals surface area contributed by atoms with E-state index in [-0.39, 0.29) is 11.5 Å². The molecule has 4 nitrogen and oxygen atoms in total. The molecule has 2 N–H and O–H groups in total. The zero-order valence-corrected chi connectivity index (χ0v) is 12.1. The van der Waals surface area contributed by atoms with Crippen molar-refractivity contribution in [2.24, 2.45) is 0 Å². The van der Waals surface area contributed by atoms with Crippen LogP contribution in [0.25, 0.3) is 11.1 Å². The summed E-state index contributed by atoms with van der Waals surface area (Å²) in [5.74, 6) is 0.265. The van der Waals surface area contributed by atoms with Crippen LogP contribution in [0.4, 0.5) is 0 Å². The molecule has 0 unspecified atom stereocenters. The topological polar surface area (TPSA) is 66.8 Å². The van der Waals surface area contributed by atoms with Crippen molar-refractivity contribution in [3.8, 4) is 28.4 Å². The lowest BCUT2D eigenvalue weighted by atomic mass is 10.1. The van der Waals surface area contributed by atoms with Crippen LogP contribution in [0.3, 0.4) is 0 Å². The predicted octanol–water partition coefficient (Wildman–Crippen LogP) is 3.98. The Hall–Kier alpha value is -3.27. The van der Waals surface area contributed by atoms with Gasteiger partial charge in [0.1, 0.15) is 17.2 Å². The highest BCUT2D eigenvalue weighted by Gasteiger charge is 2.08. The summed E-state index contributed by atoms with van der Waals surface area (Å²) in [6, 6.07) is 19.8. The SMILES string of the molecule is O=C(Oc1ccc(-c2ccc(O)cc2)cc1)c1ccc(O)cc1. The molecular weight excluding hydrogens is 292 g/mol. The maximum atomic E-state index is 12.0. The molecule has 0 bridgehead atoms. The first kappa shape index (κ1) is 14.7. The Morgan fingerprint density at radius 3 is 1.61 bits per heavy atom. The average molecular weight is 306 g/mol. The van der Waals surface area contributed by atoms with E-state index in [1.54, 1.807) is 24.3 Å². The highest BCUT2D eigenvalue weighted by molar-refractivity contribution is 5.91. The molecule has 0 amide bonds. The van der Waals surface area contributed by atoms with Gasteiger partial charge in [-0.25, -0.2) is 4.79 Å². The molecule has 23 heavy (non-hydrogen) atoms. The second-order valence-electron chi connectivity index (χ2n) is 5.01. The van der Waals surface area contributed by atoms with Gasteiger partial charge in [0.15, 0.2) is 0 Å². The minimum atomic E-state index is -0.484. The van der Waals surface area contributed by atoms with E-state index >= 15 is 0 Å². The third-order valence-corrected chi connectivity index (χ3v) is 3.37. The molecule has 0 fully saturated rings. The van der Waals surface area contributed by atoms with E-state index in [1.165, 1.54) is 24.3 Å². The first-order valence-corrected chi connectivity index (χ1v) is 7.02. The fraction of sp³-hybridized carbons (Fsp3) is 0. The summed E-state index contributed by atoms with van der Waals surface area (Å²) in [5, 5.41) is 18.5. The molecule has 3 aromatic carbocycles. The zero-order chi connectivity index (χ0) is 16.2. The fourth-order valence-corrected chi connectivity index (χ4v) is 2.13. The lowest BCUT2D eigenvalue weighted by Crippen LogP contribution is -2.07. The molecule has 0 radical (unpaired) electrons. The van der Waals surface area contributed by atoms with Crippen LogP contribution in [0.5, 0.6) is 17.2 Å². The molecule has 0 atom stereocenters. The van der Waals surface area contributed by atoms with E-state index in [9.17, 15) is 15.0 Å². The molecule has 0 saturated heterocycles. The fourth-order valence-electron chi connectivity index (χ4n) is 2.13. The number of phenols is 2. The number of esters is 1. The molecule has 0 aliphatic heterocycles. The Kier molecular flexibility index (Phi) is 3.97. The number of aromatic hydroxyl groups is 2. The molecule has 0 aliphatic carbocycles. The van der Waals surface area contributed by atoms with Gasteiger partial charge in [0.2, 0.25) is 0 Å². The van der Waals surface area contributed by atoms with Gasteiger partial charge in [-0.1, -0.05) is 24.3 Å². The molecule has 0 aliphatic rings. The van der Waals surface area contributed by atoms with Crippen molar-refractivity contribution in [1.29, 1.82) is 0 Å². The van der Waals surface area contributed by atoms with Crippen LogP contribution >= 0.6 is 0 Å². The van der Waals surface area contributed by atoms with E-state index in [0.29, 0.717) is 11.3 Å². The summed E-state index contributed by atoms with van der Waals surface area (Å²) in [6.07, 6.45) is 0. The number of rotatable bonds is 3. The largest absolute Gasteiger partial charge is 0.508 e. The molecule has 114 valence electrons. The quantitative estimate of drug-likeness (QED) is 0.567. The van der Waals surface area contributed by atoms with Crippen molar-refractivity contribution < 1.29 is 19.7 Å². The summed E-state index contributed by atoms with van der Waals surface area (Å²) in [7, 11) is 0. The van der Waals surface area contributed by atoms with Crippen molar-refractivity contribution in [2.75, 3.05) is 0 Å². The van der Waals surface area contributed by atoms with Gasteiger partial charge in [0, 0.05) is 0 Å². The summed E-state index contributed by atoms with van der Waals surface area (Å²) < 4.78 is 5.29. The van der Waals surface area contributed by atoms with Crippen LogP contribution in [0, 0.1) is 0 Å². The van der Waals surface area contributed by atoms with Gasteiger partial charge < -0.3 is 14.9 Å². The van der Waals surface area contributed by atoms with Crippen molar-refractivity contribution in [3.05, 3.63) is 78.4 Å². The normalized spacial score (nSPS) is 10.3. The minimum Gasteiger partial charge on any atom is -0.508 e. The number of ether oxygens (including phenoxy) is 1. The Bertz CT molecular complexity index is 803. The Balaban J connectivity index is 1.73. The summed E-state index contributed by atoms with van der Waals surface area (Å²) in [6.45, 7) is 0. The number of benzene rings is 3. The summed E-state index contributed by atoms with van der Waals surface area (Å²) in [5.41, 5.74) is 2.28. The van der Waals surface area contributed by atoms with Crippen LogP contribution < -0.4 is 4.74 Å². The Morgan fingerprint density at radius 2 is 1.09 bits per heavy atom. The molecule has 0 saturated carbocycles. The van der Waals surface area contributed by atoms with E-state index < -0.39 is 5.97 Å². The van der Waals surface area contributed by atoms with Crippen molar-refractivity contribution >= 4 is 5.97 Å². The summed E-state index contributed by atoms with van der Waals surface area (Å²) in [4.78, 5) is 12.0. The van der Waals surface area contributed by atoms with Crippen LogP contribution in [0.1, 0.15) is 10.4 Å². The molecule has 0 spiro atoms. The Labute approximate surface area is 133 Å². The molecule has 0 aromatic heterocycles. The van der Waals surface area contributed by atoms with E-state index in [1.807, 2.05) is 24.3 Å². The number of hydrogen-bond acceptors (Lipinski definition) is 4. The number of hydrogen-bond donors (Lipinski definition) is 2. The van der Waals surface area contributed by atoms with Crippen LogP contribution in [0.2, 0.25) is 0 Å². The first-order chi connectivity index (χ1) is 11.1. The first-order valence-electron chi connectivity index (χ1n) is 7.02. The molecule has 3 aromatic rings. The second kappa shape index (κ2) is 6.23. The van der Waals surface area contributed by atoms with E-state index in [0.717, 1.165) is 11.1 Å². The maximum Gasteiger partial charge on any atom is 0.343 e. The predicted molar refractivity (Wildman–Crippen MR) is 86.6 cm³/mol. The van der Waals surface area contributed by atoms with Crippen molar-refractivity contribution in [1.82, 2.24) is 0 Å². The molecule has 4 heteroatoms. The van der Waals surface area contributed by atoms with Gasteiger partial charge in [0.05, 0.1) is 5.56 Å². The number of phenolic OH excluding ortho intramolecular Hbond substituents is 2. The zero-order valence-electron chi connectivity index (χ0n) is 12.1. The Morgan fingerprint density at radius 1 is 0.652 bits per heavy atom. The standard InChI is InChI=1S/C19H14O4/c20-16-7-1-13(2-8-16)14-5-11-18(12-6-14)23-19(22)15-3-9-17(21)10-4-15/h1-12,20-21H. The van der Waals surface area contributed by atoms with Crippen molar-refractivity contribution in [2.45, 2.75) is 0 Å². The van der Waals surface area contributed by atoms with Crippen molar-refractivity contribution in [3.63, 3.8) is 0 Å². The van der Waals surface area contributed by atoms with Crippen LogP contribution in [0.15, 0.2) is 72.8 Å². The molecule has 0 heterocycles. The maximum absolute atomic E-state index is 12.0. The van der Waals surface area contributed by atoms with Crippen LogP contribution in [-0.2, 0) is 0 Å². The lowest BCUT2D eigenvalue weighted by molar-refractivity contribution is 0.0735. The lowest BCUT2D eigenvalue weighted by Gasteiger charge is -2.06. The van der Waals surface area contributed by atoms with Crippen LogP contribution in [-0.4, -0.2) is 16.2 Å². The van der Waals surface area contributed by atoms with Gasteiger partial charge in [-0.05, 0) is 59.7 Å². The summed E-state index contributed by atoms with van der Waals surface area (Å²) >= 11 is 0. The number of carbonyl (C=O) groups excluding carboxylic acids is 1. The highest BCUT2D eigenvalue weighted by atomic mass is 16.5. The van der Waals surface area contributed by atoms with Gasteiger partial charge >= 0.3 is 5.97 Å². The van der Waals surface area contributed by atoms with E-state index in [4.69, 9.17) is 4.74 Å². The highest BCUT2D eigenvalue weighted by Crippen LogP contribution is 2.24. The minimum absolute atomic E-state index is 0.0970. The smallest absolute Gasteiger partial charge is 0.343 e. The monoisotopic (exact) mass is 306 g/mol. The second-order valence-corrected chi connectivity index (χ2v) is 5.01. The average Bonchev–Trinajstić information content (AvgIpc) is 2.57. The third-order valence-electron chi connectivity index (χ3n) is 3.37. The number of carbonyl (C=O) groups is 1. The van der Waals surface area contributed by atoms with E-state index in [2.05, 4.69) is 0 Å². The van der Waals surface area contributed by atoms with Gasteiger partial charge in [0.25, 0.3) is 0 Å². The molecule has 3 rings (SSSR count). The third kappa shape index (κ3) is 3.49. The van der Waals surface area contributed by atoms with Gasteiger partial charge in [-0.3, -0.25) is 0 Å².